The topological polar surface area (TPSA) is 41.1 Å². The van der Waals surface area contributed by atoms with Crippen molar-refractivity contribution in [2.75, 3.05) is 13.6 Å². The quantitative estimate of drug-likeness (QED) is 0.607. The number of hydrogen-bond acceptors (Lipinski definition) is 2. The standard InChI is InChI=1S/C8H16N2O/c1-6-5-7(6)10-4-3-8(11)9-2/h6-7,10H,3-5H2,1-2H3,(H,9,11). The molecule has 0 saturated heterocycles. The predicted octanol–water partition coefficient (Wildman–Crippen LogP) is 0.120. The van der Waals surface area contributed by atoms with Crippen LogP contribution in [0.15, 0.2) is 0 Å². The van der Waals surface area contributed by atoms with Gasteiger partial charge in [-0.3, -0.25) is 4.79 Å². The highest BCUT2D eigenvalue weighted by Crippen LogP contribution is 2.28. The van der Waals surface area contributed by atoms with Gasteiger partial charge in [0.2, 0.25) is 5.91 Å². The first-order chi connectivity index (χ1) is 5.24. The van der Waals surface area contributed by atoms with E-state index in [0.29, 0.717) is 12.5 Å². The Bertz CT molecular complexity index is 147. The van der Waals surface area contributed by atoms with E-state index in [1.165, 1.54) is 6.42 Å². The van der Waals surface area contributed by atoms with Crippen molar-refractivity contribution in [3.63, 3.8) is 0 Å². The Morgan fingerprint density at radius 2 is 2.27 bits per heavy atom. The summed E-state index contributed by atoms with van der Waals surface area (Å²) in [4.78, 5) is 10.7. The van der Waals surface area contributed by atoms with Gasteiger partial charge in [0.05, 0.1) is 0 Å². The first-order valence-electron chi connectivity index (χ1n) is 4.18. The zero-order chi connectivity index (χ0) is 8.27. The molecule has 0 aromatic carbocycles. The number of amides is 1. The third-order valence-corrected chi connectivity index (χ3v) is 2.15. The second kappa shape index (κ2) is 3.72. The average molecular weight is 156 g/mol. The number of nitrogens with one attached hydrogen (secondary N) is 2. The second-order valence-corrected chi connectivity index (χ2v) is 3.20. The number of carbonyl (C=O) groups excluding carboxylic acids is 1. The van der Waals surface area contributed by atoms with Crippen molar-refractivity contribution >= 4 is 5.91 Å². The van der Waals surface area contributed by atoms with Gasteiger partial charge in [-0.1, -0.05) is 6.92 Å². The fourth-order valence-corrected chi connectivity index (χ4v) is 1.10. The van der Waals surface area contributed by atoms with Crippen molar-refractivity contribution < 1.29 is 4.79 Å². The highest BCUT2D eigenvalue weighted by Gasteiger charge is 2.31. The van der Waals surface area contributed by atoms with Gasteiger partial charge in [0.25, 0.3) is 0 Å². The lowest BCUT2D eigenvalue weighted by Crippen LogP contribution is -2.26. The fraction of sp³-hybridized carbons (Fsp3) is 0.875. The van der Waals surface area contributed by atoms with Gasteiger partial charge in [0.1, 0.15) is 0 Å². The number of carbonyl (C=O) groups is 1. The minimum absolute atomic E-state index is 0.116. The Kier molecular flexibility index (Phi) is 2.88. The van der Waals surface area contributed by atoms with Crippen LogP contribution in [0.1, 0.15) is 19.8 Å². The first kappa shape index (κ1) is 8.53. The molecule has 2 unspecified atom stereocenters. The van der Waals surface area contributed by atoms with Gasteiger partial charge in [-0.05, 0) is 12.3 Å². The third kappa shape index (κ3) is 2.89. The molecule has 1 fully saturated rings. The van der Waals surface area contributed by atoms with Crippen LogP contribution in [0.3, 0.4) is 0 Å². The van der Waals surface area contributed by atoms with Gasteiger partial charge >= 0.3 is 0 Å². The molecule has 11 heavy (non-hydrogen) atoms. The van der Waals surface area contributed by atoms with Gasteiger partial charge in [-0.2, -0.15) is 0 Å². The average Bonchev–Trinajstić information content (AvgIpc) is 2.66. The third-order valence-electron chi connectivity index (χ3n) is 2.15. The maximum atomic E-state index is 10.7. The van der Waals surface area contributed by atoms with Gasteiger partial charge in [-0.25, -0.2) is 0 Å². The van der Waals surface area contributed by atoms with Gasteiger partial charge in [-0.15, -0.1) is 0 Å². The molecule has 1 amide bonds. The van der Waals surface area contributed by atoms with E-state index in [1.54, 1.807) is 7.05 Å². The van der Waals surface area contributed by atoms with E-state index in [9.17, 15) is 4.79 Å². The minimum Gasteiger partial charge on any atom is -0.359 e. The lowest BCUT2D eigenvalue weighted by Gasteiger charge is -2.01. The molecular weight excluding hydrogens is 140 g/mol. The summed E-state index contributed by atoms with van der Waals surface area (Å²) >= 11 is 0. The zero-order valence-corrected chi connectivity index (χ0v) is 7.18. The molecule has 3 heteroatoms. The Morgan fingerprint density at radius 3 is 2.73 bits per heavy atom. The fourth-order valence-electron chi connectivity index (χ4n) is 1.10. The lowest BCUT2D eigenvalue weighted by molar-refractivity contribution is -0.120. The maximum Gasteiger partial charge on any atom is 0.221 e. The van der Waals surface area contributed by atoms with Crippen LogP contribution < -0.4 is 10.6 Å². The van der Waals surface area contributed by atoms with Crippen molar-refractivity contribution in [2.45, 2.75) is 25.8 Å². The molecule has 0 radical (unpaired) electrons. The maximum absolute atomic E-state index is 10.7. The molecule has 0 bridgehead atoms. The summed E-state index contributed by atoms with van der Waals surface area (Å²) < 4.78 is 0. The van der Waals surface area contributed by atoms with E-state index in [2.05, 4.69) is 17.6 Å². The Morgan fingerprint density at radius 1 is 1.64 bits per heavy atom. The van der Waals surface area contributed by atoms with Crippen LogP contribution in [0.2, 0.25) is 0 Å². The molecule has 3 nitrogen and oxygen atoms in total. The lowest BCUT2D eigenvalue weighted by atomic mass is 10.4. The highest BCUT2D eigenvalue weighted by molar-refractivity contribution is 5.75. The van der Waals surface area contributed by atoms with E-state index in [4.69, 9.17) is 0 Å². The number of hydrogen-bond donors (Lipinski definition) is 2. The molecule has 1 saturated carbocycles. The van der Waals surface area contributed by atoms with Crippen molar-refractivity contribution in [2.24, 2.45) is 5.92 Å². The Balaban J connectivity index is 1.92. The largest absolute Gasteiger partial charge is 0.359 e. The van der Waals surface area contributed by atoms with Crippen molar-refractivity contribution in [1.29, 1.82) is 0 Å². The summed E-state index contributed by atoms with van der Waals surface area (Å²) in [6, 6.07) is 0.680. The van der Waals surface area contributed by atoms with Gasteiger partial charge in [0, 0.05) is 26.1 Å². The minimum atomic E-state index is 0.116. The summed E-state index contributed by atoms with van der Waals surface area (Å²) in [5.74, 6) is 0.936. The second-order valence-electron chi connectivity index (χ2n) is 3.20. The predicted molar refractivity (Wildman–Crippen MR) is 44.3 cm³/mol. The summed E-state index contributed by atoms with van der Waals surface area (Å²) in [7, 11) is 1.67. The zero-order valence-electron chi connectivity index (χ0n) is 7.18. The molecule has 0 heterocycles. The van der Waals surface area contributed by atoms with E-state index in [0.717, 1.165) is 12.5 Å². The highest BCUT2D eigenvalue weighted by atomic mass is 16.1. The van der Waals surface area contributed by atoms with Crippen LogP contribution in [0.4, 0.5) is 0 Å². The molecule has 1 aliphatic rings. The molecule has 0 spiro atoms. The van der Waals surface area contributed by atoms with Gasteiger partial charge < -0.3 is 10.6 Å². The molecular formula is C8H16N2O. The molecule has 64 valence electrons. The molecule has 1 aliphatic carbocycles. The van der Waals surface area contributed by atoms with E-state index in [1.807, 2.05) is 0 Å². The van der Waals surface area contributed by atoms with Crippen LogP contribution in [0.25, 0.3) is 0 Å². The Hall–Kier alpha value is -0.570. The van der Waals surface area contributed by atoms with Crippen molar-refractivity contribution in [3.8, 4) is 0 Å². The number of rotatable bonds is 4. The van der Waals surface area contributed by atoms with Crippen molar-refractivity contribution in [3.05, 3.63) is 0 Å². The van der Waals surface area contributed by atoms with Crippen molar-refractivity contribution in [1.82, 2.24) is 10.6 Å². The molecule has 1 rings (SSSR count). The SMILES string of the molecule is CNC(=O)CCNC1CC1C. The summed E-state index contributed by atoms with van der Waals surface area (Å²) in [5, 5.41) is 5.90. The summed E-state index contributed by atoms with van der Waals surface area (Å²) in [6.45, 7) is 3.03. The molecule has 0 aliphatic heterocycles. The van der Waals surface area contributed by atoms with E-state index in [-0.39, 0.29) is 5.91 Å². The van der Waals surface area contributed by atoms with Crippen LogP contribution in [-0.4, -0.2) is 25.5 Å². The van der Waals surface area contributed by atoms with Crippen LogP contribution >= 0.6 is 0 Å². The molecule has 0 aromatic heterocycles. The molecule has 0 aromatic rings. The van der Waals surface area contributed by atoms with Gasteiger partial charge in [0.15, 0.2) is 0 Å². The first-order valence-corrected chi connectivity index (χ1v) is 4.18. The Labute approximate surface area is 67.5 Å². The smallest absolute Gasteiger partial charge is 0.221 e. The van der Waals surface area contributed by atoms with E-state index >= 15 is 0 Å². The normalized spacial score (nSPS) is 28.2. The van der Waals surface area contributed by atoms with E-state index < -0.39 is 0 Å². The van der Waals surface area contributed by atoms with Crippen LogP contribution in [0, 0.1) is 5.92 Å². The van der Waals surface area contributed by atoms with Crippen LogP contribution in [-0.2, 0) is 4.79 Å². The monoisotopic (exact) mass is 156 g/mol. The molecule has 2 atom stereocenters. The molecule has 2 N–H and O–H groups in total. The summed E-state index contributed by atoms with van der Waals surface area (Å²) in [5.41, 5.74) is 0. The van der Waals surface area contributed by atoms with Crippen LogP contribution in [0.5, 0.6) is 0 Å². The summed E-state index contributed by atoms with van der Waals surface area (Å²) in [6.07, 6.45) is 1.87.